The smallest absolute Gasteiger partial charge is 0.335 e. The quantitative estimate of drug-likeness (QED) is 0.831. The van der Waals surface area contributed by atoms with Crippen molar-refractivity contribution in [3.8, 4) is 0 Å². The van der Waals surface area contributed by atoms with E-state index in [1.165, 1.54) is 24.3 Å². The summed E-state index contributed by atoms with van der Waals surface area (Å²) in [5.74, 6) is -1.33. The third-order valence-corrected chi connectivity index (χ3v) is 3.81. The highest BCUT2D eigenvalue weighted by atomic mass is 32.2. The number of carbonyl (C=O) groups excluding carboxylic acids is 1. The minimum atomic E-state index is -1.03. The molecule has 0 aliphatic heterocycles. The van der Waals surface area contributed by atoms with Crippen molar-refractivity contribution in [1.29, 1.82) is 0 Å². The van der Waals surface area contributed by atoms with Crippen LogP contribution in [0.3, 0.4) is 0 Å². The predicted molar refractivity (Wildman–Crippen MR) is 69.3 cm³/mol. The normalized spacial score (nSPS) is 13.7. The molecule has 0 heterocycles. The van der Waals surface area contributed by atoms with Crippen molar-refractivity contribution < 1.29 is 18.9 Å². The Morgan fingerprint density at radius 2 is 1.78 bits per heavy atom. The molecule has 2 unspecified atom stereocenters. The molecule has 0 spiro atoms. The maximum absolute atomic E-state index is 11.7. The third kappa shape index (κ3) is 3.96. The number of rotatable bonds is 5. The van der Waals surface area contributed by atoms with E-state index in [9.17, 15) is 13.8 Å². The Hall–Kier alpha value is -1.69. The Balaban J connectivity index is 2.62. The molecule has 0 aliphatic rings. The third-order valence-electron chi connectivity index (χ3n) is 2.51. The van der Waals surface area contributed by atoms with Crippen LogP contribution >= 0.6 is 0 Å². The second-order valence-electron chi connectivity index (χ2n) is 3.90. The molecule has 0 aliphatic carbocycles. The molecule has 1 rings (SSSR count). The van der Waals surface area contributed by atoms with Gasteiger partial charge in [0, 0.05) is 34.4 Å². The predicted octanol–water partition coefficient (Wildman–Crippen LogP) is 0.882. The van der Waals surface area contributed by atoms with Crippen molar-refractivity contribution in [1.82, 2.24) is 5.32 Å². The molecule has 6 heteroatoms. The molecule has 5 nitrogen and oxygen atoms in total. The Morgan fingerprint density at radius 1 is 1.28 bits per heavy atom. The van der Waals surface area contributed by atoms with Crippen LogP contribution in [0.5, 0.6) is 0 Å². The zero-order chi connectivity index (χ0) is 13.7. The zero-order valence-corrected chi connectivity index (χ0v) is 11.0. The van der Waals surface area contributed by atoms with Gasteiger partial charge in [-0.3, -0.25) is 9.00 Å². The summed E-state index contributed by atoms with van der Waals surface area (Å²) in [4.78, 5) is 22.3. The van der Waals surface area contributed by atoms with Gasteiger partial charge in [0.2, 0.25) is 0 Å². The van der Waals surface area contributed by atoms with E-state index in [-0.39, 0.29) is 16.7 Å². The fourth-order valence-corrected chi connectivity index (χ4v) is 1.54. The number of hydrogen-bond acceptors (Lipinski definition) is 3. The minimum Gasteiger partial charge on any atom is -0.478 e. The maximum atomic E-state index is 11.7. The van der Waals surface area contributed by atoms with E-state index in [4.69, 9.17) is 5.11 Å². The molecular weight excluding hydrogens is 254 g/mol. The summed E-state index contributed by atoms with van der Waals surface area (Å²) in [5, 5.41) is 11.2. The first kappa shape index (κ1) is 14.4. The van der Waals surface area contributed by atoms with Gasteiger partial charge in [-0.05, 0) is 31.2 Å². The molecule has 2 atom stereocenters. The molecular formula is C12H15NO4S. The molecule has 0 radical (unpaired) electrons. The molecule has 18 heavy (non-hydrogen) atoms. The lowest BCUT2D eigenvalue weighted by Gasteiger charge is -2.09. The van der Waals surface area contributed by atoms with Crippen molar-refractivity contribution in [2.75, 3.05) is 12.8 Å². The van der Waals surface area contributed by atoms with Crippen molar-refractivity contribution in [2.24, 2.45) is 0 Å². The Kier molecular flexibility index (Phi) is 5.03. The van der Waals surface area contributed by atoms with Gasteiger partial charge in [-0.1, -0.05) is 0 Å². The lowest BCUT2D eigenvalue weighted by atomic mass is 10.1. The van der Waals surface area contributed by atoms with Gasteiger partial charge in [-0.15, -0.1) is 0 Å². The van der Waals surface area contributed by atoms with E-state index < -0.39 is 16.8 Å². The summed E-state index contributed by atoms with van der Waals surface area (Å²) in [5.41, 5.74) is 0.517. The van der Waals surface area contributed by atoms with Crippen LogP contribution < -0.4 is 5.32 Å². The van der Waals surface area contributed by atoms with Gasteiger partial charge in [0.25, 0.3) is 5.91 Å². The van der Waals surface area contributed by atoms with Crippen molar-refractivity contribution >= 4 is 22.7 Å². The summed E-state index contributed by atoms with van der Waals surface area (Å²) >= 11 is 0. The summed E-state index contributed by atoms with van der Waals surface area (Å²) < 4.78 is 11.1. The van der Waals surface area contributed by atoms with Crippen LogP contribution in [0.2, 0.25) is 0 Å². The van der Waals surface area contributed by atoms with Gasteiger partial charge >= 0.3 is 5.97 Å². The lowest BCUT2D eigenvalue weighted by molar-refractivity contribution is 0.0696. The highest BCUT2D eigenvalue weighted by molar-refractivity contribution is 7.84. The standard InChI is InChI=1S/C12H15NO4S/c1-8(18(2)17)7-13-11(14)9-3-5-10(6-4-9)12(15)16/h3-6,8H,7H2,1-2H3,(H,13,14)(H,15,16). The Morgan fingerprint density at radius 3 is 2.22 bits per heavy atom. The molecule has 0 saturated carbocycles. The van der Waals surface area contributed by atoms with Gasteiger partial charge < -0.3 is 10.4 Å². The van der Waals surface area contributed by atoms with Crippen molar-refractivity contribution in [2.45, 2.75) is 12.2 Å². The molecule has 1 amide bonds. The summed E-state index contributed by atoms with van der Waals surface area (Å²) in [7, 11) is -0.985. The topological polar surface area (TPSA) is 83.5 Å². The number of carboxylic acid groups (broad SMARTS) is 1. The first-order valence-corrected chi connectivity index (χ1v) is 6.97. The van der Waals surface area contributed by atoms with Crippen molar-refractivity contribution in [3.05, 3.63) is 35.4 Å². The fraction of sp³-hybridized carbons (Fsp3) is 0.333. The number of nitrogens with one attached hydrogen (secondary N) is 1. The number of carbonyl (C=O) groups is 2. The van der Waals surface area contributed by atoms with Crippen LogP contribution in [0, 0.1) is 0 Å². The summed E-state index contributed by atoms with van der Waals surface area (Å²) in [6.45, 7) is 2.10. The second-order valence-corrected chi connectivity index (χ2v) is 5.70. The highest BCUT2D eigenvalue weighted by Crippen LogP contribution is 2.04. The minimum absolute atomic E-state index is 0.118. The van der Waals surface area contributed by atoms with E-state index in [0.717, 1.165) is 0 Å². The molecule has 1 aromatic carbocycles. The van der Waals surface area contributed by atoms with Crippen LogP contribution in [0.1, 0.15) is 27.6 Å². The van der Waals surface area contributed by atoms with E-state index in [1.54, 1.807) is 13.2 Å². The highest BCUT2D eigenvalue weighted by Gasteiger charge is 2.10. The monoisotopic (exact) mass is 269 g/mol. The zero-order valence-electron chi connectivity index (χ0n) is 10.2. The molecule has 0 fully saturated rings. The van der Waals surface area contributed by atoms with Crippen LogP contribution in [-0.2, 0) is 10.8 Å². The van der Waals surface area contributed by atoms with Crippen molar-refractivity contribution in [3.63, 3.8) is 0 Å². The van der Waals surface area contributed by atoms with Crippen LogP contribution in [0.4, 0.5) is 0 Å². The average Bonchev–Trinajstić information content (AvgIpc) is 2.35. The SMILES string of the molecule is CC(CNC(=O)c1ccc(C(=O)O)cc1)S(C)=O. The molecule has 98 valence electrons. The van der Waals surface area contributed by atoms with Crippen LogP contribution in [0.15, 0.2) is 24.3 Å². The molecule has 2 N–H and O–H groups in total. The fourth-order valence-electron chi connectivity index (χ4n) is 1.22. The largest absolute Gasteiger partial charge is 0.478 e. The molecule has 1 aromatic rings. The van der Waals surface area contributed by atoms with E-state index in [0.29, 0.717) is 12.1 Å². The summed E-state index contributed by atoms with van der Waals surface area (Å²) in [6, 6.07) is 5.65. The number of amides is 1. The van der Waals surface area contributed by atoms with Gasteiger partial charge in [0.1, 0.15) is 0 Å². The van der Waals surface area contributed by atoms with Gasteiger partial charge in [-0.2, -0.15) is 0 Å². The number of benzene rings is 1. The molecule has 0 aromatic heterocycles. The van der Waals surface area contributed by atoms with E-state index in [1.807, 2.05) is 0 Å². The second kappa shape index (κ2) is 6.30. The van der Waals surface area contributed by atoms with Crippen LogP contribution in [0.25, 0.3) is 0 Å². The maximum Gasteiger partial charge on any atom is 0.335 e. The summed E-state index contributed by atoms with van der Waals surface area (Å²) in [6.07, 6.45) is 1.58. The number of aromatic carboxylic acids is 1. The molecule has 0 bridgehead atoms. The average molecular weight is 269 g/mol. The number of hydrogen-bond donors (Lipinski definition) is 2. The first-order valence-electron chi connectivity index (χ1n) is 5.35. The van der Waals surface area contributed by atoms with Gasteiger partial charge in [0.15, 0.2) is 0 Å². The Bertz CT molecular complexity index is 469. The number of carboxylic acids is 1. The van der Waals surface area contributed by atoms with Gasteiger partial charge in [-0.25, -0.2) is 4.79 Å². The van der Waals surface area contributed by atoms with E-state index in [2.05, 4.69) is 5.32 Å². The molecule has 0 saturated heterocycles. The Labute approximate surface area is 108 Å². The lowest BCUT2D eigenvalue weighted by Crippen LogP contribution is -2.32. The van der Waals surface area contributed by atoms with Gasteiger partial charge in [0.05, 0.1) is 5.56 Å². The van der Waals surface area contributed by atoms with Crippen LogP contribution in [-0.4, -0.2) is 39.2 Å². The first-order chi connectivity index (χ1) is 8.41. The van der Waals surface area contributed by atoms with E-state index >= 15 is 0 Å².